The Morgan fingerprint density at radius 3 is 2.14 bits per heavy atom. The van der Waals surface area contributed by atoms with Gasteiger partial charge in [0.1, 0.15) is 18.8 Å². The van der Waals surface area contributed by atoms with E-state index in [0.29, 0.717) is 5.56 Å². The molecule has 2 N–H and O–H groups in total. The lowest BCUT2D eigenvalue weighted by atomic mass is 9.98. The lowest BCUT2D eigenvalue weighted by molar-refractivity contribution is -0.160. The minimum Gasteiger partial charge on any atom is -0.478 e. The Morgan fingerprint density at radius 2 is 1.54 bits per heavy atom. The van der Waals surface area contributed by atoms with Gasteiger partial charge in [-0.15, -0.1) is 0 Å². The summed E-state index contributed by atoms with van der Waals surface area (Å²) < 4.78 is 16.1. The number of fused-ring (bicyclic) bond motifs is 3. The van der Waals surface area contributed by atoms with Crippen LogP contribution >= 0.6 is 0 Å². The third-order valence-corrected chi connectivity index (χ3v) is 5.74. The molecule has 0 saturated carbocycles. The minimum atomic E-state index is -1.16. The molecule has 0 heterocycles. The average molecular weight is 504 g/mol. The van der Waals surface area contributed by atoms with Crippen LogP contribution in [0.25, 0.3) is 11.1 Å². The number of hydrogen-bond donors (Lipinski definition) is 2. The predicted molar refractivity (Wildman–Crippen MR) is 138 cm³/mol. The molecule has 0 aromatic heterocycles. The van der Waals surface area contributed by atoms with E-state index in [2.05, 4.69) is 17.4 Å². The van der Waals surface area contributed by atoms with Gasteiger partial charge < -0.3 is 19.3 Å². The normalized spacial score (nSPS) is 12.4. The summed E-state index contributed by atoms with van der Waals surface area (Å²) in [6.07, 6.45) is -0.704. The van der Waals surface area contributed by atoms with Crippen molar-refractivity contribution in [3.05, 3.63) is 89.0 Å². The Kier molecular flexibility index (Phi) is 7.59. The molecule has 8 heteroatoms. The molecule has 0 bridgehead atoms. The second-order valence-electron chi connectivity index (χ2n) is 9.75. The lowest BCUT2D eigenvalue weighted by Crippen LogP contribution is -2.26. The summed E-state index contributed by atoms with van der Waals surface area (Å²) in [5, 5.41) is 12.1. The highest BCUT2D eigenvalue weighted by atomic mass is 16.6. The molecule has 0 aliphatic heterocycles. The SMILES string of the molecule is CC(C)(C)OC(=O)COCc1cc(NC(=O)OCC2c3ccccc3-c3ccccc32)cc(C(=O)O)c1. The smallest absolute Gasteiger partial charge is 0.411 e. The summed E-state index contributed by atoms with van der Waals surface area (Å²) in [4.78, 5) is 36.1. The highest BCUT2D eigenvalue weighted by Crippen LogP contribution is 2.44. The van der Waals surface area contributed by atoms with Gasteiger partial charge in [-0.1, -0.05) is 48.5 Å². The van der Waals surface area contributed by atoms with Gasteiger partial charge in [-0.3, -0.25) is 5.32 Å². The largest absolute Gasteiger partial charge is 0.478 e. The van der Waals surface area contributed by atoms with Crippen molar-refractivity contribution in [3.8, 4) is 11.1 Å². The number of hydrogen-bond acceptors (Lipinski definition) is 6. The number of ether oxygens (including phenoxy) is 3. The van der Waals surface area contributed by atoms with Crippen LogP contribution in [-0.2, 0) is 25.6 Å². The van der Waals surface area contributed by atoms with E-state index in [1.165, 1.54) is 12.1 Å². The van der Waals surface area contributed by atoms with E-state index in [9.17, 15) is 19.5 Å². The van der Waals surface area contributed by atoms with E-state index in [-0.39, 0.29) is 37.0 Å². The maximum Gasteiger partial charge on any atom is 0.411 e. The van der Waals surface area contributed by atoms with Crippen LogP contribution in [0.3, 0.4) is 0 Å². The van der Waals surface area contributed by atoms with Gasteiger partial charge in [0, 0.05) is 11.6 Å². The van der Waals surface area contributed by atoms with Crippen LogP contribution < -0.4 is 5.32 Å². The molecule has 8 nitrogen and oxygen atoms in total. The second kappa shape index (κ2) is 10.8. The van der Waals surface area contributed by atoms with Gasteiger partial charge in [-0.2, -0.15) is 0 Å². The van der Waals surface area contributed by atoms with Gasteiger partial charge in [0.05, 0.1) is 12.2 Å². The Bertz CT molecular complexity index is 1280. The van der Waals surface area contributed by atoms with Crippen LogP contribution in [0.4, 0.5) is 10.5 Å². The molecule has 3 aromatic rings. The van der Waals surface area contributed by atoms with Crippen LogP contribution in [-0.4, -0.2) is 42.0 Å². The van der Waals surface area contributed by atoms with Crippen molar-refractivity contribution in [1.29, 1.82) is 0 Å². The van der Waals surface area contributed by atoms with Crippen molar-refractivity contribution in [2.24, 2.45) is 0 Å². The fourth-order valence-corrected chi connectivity index (χ4v) is 4.35. The molecule has 3 aromatic carbocycles. The number of aromatic carboxylic acids is 1. The standard InChI is InChI=1S/C29H29NO7/c1-29(2,3)37-26(31)17-35-15-18-12-19(27(32)33)14-20(13-18)30-28(34)36-16-25-23-10-6-4-8-21(23)22-9-5-7-11-24(22)25/h4-14,25H,15-17H2,1-3H3,(H,30,34)(H,32,33). The highest BCUT2D eigenvalue weighted by molar-refractivity contribution is 5.92. The van der Waals surface area contributed by atoms with Crippen molar-refractivity contribution >= 4 is 23.7 Å². The lowest BCUT2D eigenvalue weighted by Gasteiger charge is -2.19. The number of nitrogens with one attached hydrogen (secondary N) is 1. The molecule has 0 saturated heterocycles. The van der Waals surface area contributed by atoms with Crippen LogP contribution in [0.5, 0.6) is 0 Å². The maximum absolute atomic E-state index is 12.6. The molecule has 192 valence electrons. The second-order valence-corrected chi connectivity index (χ2v) is 9.75. The Hall–Kier alpha value is -4.17. The summed E-state index contributed by atoms with van der Waals surface area (Å²) in [6, 6.07) is 20.4. The van der Waals surface area contributed by atoms with Crippen molar-refractivity contribution in [2.45, 2.75) is 38.9 Å². The van der Waals surface area contributed by atoms with E-state index in [4.69, 9.17) is 14.2 Å². The van der Waals surface area contributed by atoms with E-state index >= 15 is 0 Å². The highest BCUT2D eigenvalue weighted by Gasteiger charge is 2.29. The number of rotatable bonds is 8. The monoisotopic (exact) mass is 503 g/mol. The minimum absolute atomic E-state index is 0.0349. The number of benzene rings is 3. The number of anilines is 1. The zero-order valence-electron chi connectivity index (χ0n) is 20.9. The Balaban J connectivity index is 1.40. The number of carboxylic acids is 1. The zero-order chi connectivity index (χ0) is 26.6. The molecular formula is C29H29NO7. The van der Waals surface area contributed by atoms with Gasteiger partial charge in [0.15, 0.2) is 0 Å². The average Bonchev–Trinajstić information content (AvgIpc) is 3.15. The molecule has 1 aliphatic rings. The Labute approximate surface area is 215 Å². The van der Waals surface area contributed by atoms with Crippen molar-refractivity contribution in [3.63, 3.8) is 0 Å². The summed E-state index contributed by atoms with van der Waals surface area (Å²) in [5.74, 6) is -1.79. The first-order valence-electron chi connectivity index (χ1n) is 11.9. The summed E-state index contributed by atoms with van der Waals surface area (Å²) in [7, 11) is 0. The van der Waals surface area contributed by atoms with Gasteiger partial charge in [-0.05, 0) is 66.8 Å². The molecule has 1 amide bonds. The van der Waals surface area contributed by atoms with Crippen LogP contribution in [0.1, 0.15) is 53.7 Å². The van der Waals surface area contributed by atoms with Crippen LogP contribution in [0, 0.1) is 0 Å². The van der Waals surface area contributed by atoms with E-state index in [0.717, 1.165) is 22.3 Å². The third-order valence-electron chi connectivity index (χ3n) is 5.74. The molecule has 1 aliphatic carbocycles. The van der Waals surface area contributed by atoms with Crippen molar-refractivity contribution in [2.75, 3.05) is 18.5 Å². The first kappa shape index (κ1) is 25.9. The fraction of sp³-hybridized carbons (Fsp3) is 0.276. The first-order chi connectivity index (χ1) is 17.6. The predicted octanol–water partition coefficient (Wildman–Crippen LogP) is 5.60. The number of amides is 1. The fourth-order valence-electron chi connectivity index (χ4n) is 4.35. The van der Waals surface area contributed by atoms with Crippen molar-refractivity contribution in [1.82, 2.24) is 0 Å². The van der Waals surface area contributed by atoms with Crippen LogP contribution in [0.2, 0.25) is 0 Å². The van der Waals surface area contributed by atoms with Crippen LogP contribution in [0.15, 0.2) is 66.7 Å². The number of carbonyl (C=O) groups is 3. The number of carbonyl (C=O) groups excluding carboxylic acids is 2. The Morgan fingerprint density at radius 1 is 0.919 bits per heavy atom. The summed E-state index contributed by atoms with van der Waals surface area (Å²) in [5.41, 5.74) is 4.47. The van der Waals surface area contributed by atoms with E-state index < -0.39 is 23.6 Å². The topological polar surface area (TPSA) is 111 Å². The molecule has 0 fully saturated rings. The van der Waals surface area contributed by atoms with Gasteiger partial charge in [0.25, 0.3) is 0 Å². The van der Waals surface area contributed by atoms with Gasteiger partial charge in [-0.25, -0.2) is 14.4 Å². The molecule has 0 atom stereocenters. The van der Waals surface area contributed by atoms with E-state index in [1.54, 1.807) is 26.8 Å². The third kappa shape index (κ3) is 6.54. The number of carboxylic acid groups (broad SMARTS) is 1. The first-order valence-corrected chi connectivity index (χ1v) is 11.9. The summed E-state index contributed by atoms with van der Waals surface area (Å²) in [6.45, 7) is 5.06. The molecule has 0 unspecified atom stereocenters. The molecule has 4 rings (SSSR count). The number of esters is 1. The van der Waals surface area contributed by atoms with Gasteiger partial charge >= 0.3 is 18.0 Å². The molecule has 37 heavy (non-hydrogen) atoms. The zero-order valence-corrected chi connectivity index (χ0v) is 20.9. The maximum atomic E-state index is 12.6. The van der Waals surface area contributed by atoms with Crippen molar-refractivity contribution < 1.29 is 33.7 Å². The van der Waals surface area contributed by atoms with Gasteiger partial charge in [0.2, 0.25) is 0 Å². The summed E-state index contributed by atoms with van der Waals surface area (Å²) >= 11 is 0. The quantitative estimate of drug-likeness (QED) is 0.385. The molecule has 0 radical (unpaired) electrons. The molecular weight excluding hydrogens is 474 g/mol. The molecule has 0 spiro atoms. The van der Waals surface area contributed by atoms with E-state index in [1.807, 2.05) is 36.4 Å².